The van der Waals surface area contributed by atoms with Crippen LogP contribution in [0.5, 0.6) is 0 Å². The third-order valence-electron chi connectivity index (χ3n) is 1.83. The monoisotopic (exact) mass is 204 g/mol. The lowest BCUT2D eigenvalue weighted by molar-refractivity contribution is 0.253. The Labute approximate surface area is 90.2 Å². The molecule has 0 saturated carbocycles. The molecule has 0 aliphatic heterocycles. The summed E-state index contributed by atoms with van der Waals surface area (Å²) in [6.07, 6.45) is 0. The Balaban J connectivity index is 2.48. The third kappa shape index (κ3) is 4.31. The molecule has 0 unspecified atom stereocenters. The first kappa shape index (κ1) is 11.3. The summed E-state index contributed by atoms with van der Waals surface area (Å²) in [5.74, 6) is 0. The number of carbonyl (C=O) groups excluding carboxylic acids is 1. The second-order valence-corrected chi connectivity index (χ2v) is 3.63. The number of rotatable bonds is 3. The van der Waals surface area contributed by atoms with Crippen molar-refractivity contribution >= 4 is 11.7 Å². The van der Waals surface area contributed by atoms with E-state index in [2.05, 4.69) is 17.2 Å². The summed E-state index contributed by atoms with van der Waals surface area (Å²) < 4.78 is 0. The number of hydrogen-bond donors (Lipinski definition) is 2. The van der Waals surface area contributed by atoms with Crippen molar-refractivity contribution in [2.24, 2.45) is 0 Å². The van der Waals surface area contributed by atoms with Crippen molar-refractivity contribution in [3.05, 3.63) is 42.0 Å². The topological polar surface area (TPSA) is 41.1 Å². The molecule has 3 heteroatoms. The van der Waals surface area contributed by atoms with E-state index in [9.17, 15) is 4.79 Å². The predicted molar refractivity (Wildman–Crippen MR) is 63.0 cm³/mol. The van der Waals surface area contributed by atoms with Crippen molar-refractivity contribution in [3.8, 4) is 0 Å². The molecule has 2 amide bonds. The lowest BCUT2D eigenvalue weighted by Gasteiger charge is -2.07. The van der Waals surface area contributed by atoms with Gasteiger partial charge in [-0.25, -0.2) is 4.79 Å². The number of nitrogens with one attached hydrogen (secondary N) is 2. The normalized spacial score (nSPS) is 9.47. The molecule has 2 N–H and O–H groups in total. The first-order valence-electron chi connectivity index (χ1n) is 4.84. The van der Waals surface area contributed by atoms with E-state index in [-0.39, 0.29) is 6.03 Å². The molecule has 1 aromatic carbocycles. The van der Waals surface area contributed by atoms with E-state index in [1.807, 2.05) is 38.1 Å². The fraction of sp³-hybridized carbons (Fsp3) is 0.250. The van der Waals surface area contributed by atoms with Crippen molar-refractivity contribution in [3.63, 3.8) is 0 Å². The highest BCUT2D eigenvalue weighted by Crippen LogP contribution is 2.08. The molecule has 0 spiro atoms. The highest BCUT2D eigenvalue weighted by atomic mass is 16.2. The fourth-order valence-electron chi connectivity index (χ4n) is 1.13. The van der Waals surface area contributed by atoms with Crippen LogP contribution in [0, 0.1) is 6.92 Å². The van der Waals surface area contributed by atoms with Gasteiger partial charge in [0.05, 0.1) is 0 Å². The Morgan fingerprint density at radius 2 is 2.20 bits per heavy atom. The Morgan fingerprint density at radius 1 is 1.47 bits per heavy atom. The highest BCUT2D eigenvalue weighted by molar-refractivity contribution is 5.89. The van der Waals surface area contributed by atoms with Gasteiger partial charge in [0.25, 0.3) is 0 Å². The van der Waals surface area contributed by atoms with E-state index in [1.54, 1.807) is 0 Å². The van der Waals surface area contributed by atoms with Crippen LogP contribution in [0.3, 0.4) is 0 Å². The zero-order chi connectivity index (χ0) is 11.3. The number of amides is 2. The van der Waals surface area contributed by atoms with Gasteiger partial charge in [-0.15, -0.1) is 0 Å². The summed E-state index contributed by atoms with van der Waals surface area (Å²) in [5.41, 5.74) is 2.84. The van der Waals surface area contributed by atoms with Crippen LogP contribution in [0.1, 0.15) is 12.5 Å². The molecule has 0 aliphatic rings. The summed E-state index contributed by atoms with van der Waals surface area (Å²) in [4.78, 5) is 11.4. The molecule has 0 radical (unpaired) electrons. The lowest BCUT2D eigenvalue weighted by atomic mass is 10.2. The molecule has 0 heterocycles. The van der Waals surface area contributed by atoms with E-state index >= 15 is 0 Å². The molecule has 15 heavy (non-hydrogen) atoms. The van der Waals surface area contributed by atoms with Gasteiger partial charge in [0, 0.05) is 12.2 Å². The molecule has 1 aromatic rings. The first-order valence-corrected chi connectivity index (χ1v) is 4.84. The maximum atomic E-state index is 11.4. The number of anilines is 1. The van der Waals surface area contributed by atoms with Gasteiger partial charge in [0.1, 0.15) is 0 Å². The number of hydrogen-bond acceptors (Lipinski definition) is 1. The van der Waals surface area contributed by atoms with Gasteiger partial charge in [0.15, 0.2) is 0 Å². The van der Waals surface area contributed by atoms with Crippen molar-refractivity contribution in [2.75, 3.05) is 11.9 Å². The molecular weight excluding hydrogens is 188 g/mol. The van der Waals surface area contributed by atoms with Gasteiger partial charge < -0.3 is 10.6 Å². The minimum Gasteiger partial charge on any atom is -0.334 e. The second kappa shape index (κ2) is 5.20. The third-order valence-corrected chi connectivity index (χ3v) is 1.83. The van der Waals surface area contributed by atoms with Crippen LogP contribution in [-0.2, 0) is 0 Å². The molecule has 0 aromatic heterocycles. The molecule has 0 saturated heterocycles. The average molecular weight is 204 g/mol. The van der Waals surface area contributed by atoms with E-state index in [4.69, 9.17) is 0 Å². The zero-order valence-corrected chi connectivity index (χ0v) is 9.13. The maximum Gasteiger partial charge on any atom is 0.319 e. The minimum atomic E-state index is -0.205. The lowest BCUT2D eigenvalue weighted by Crippen LogP contribution is -2.29. The Hall–Kier alpha value is -1.77. The van der Waals surface area contributed by atoms with Crippen LogP contribution >= 0.6 is 0 Å². The molecule has 1 rings (SSSR count). The molecular formula is C12H16N2O. The molecule has 0 aliphatic carbocycles. The summed E-state index contributed by atoms with van der Waals surface area (Å²) in [6.45, 7) is 8.05. The summed E-state index contributed by atoms with van der Waals surface area (Å²) in [5, 5.41) is 5.45. The van der Waals surface area contributed by atoms with Crippen molar-refractivity contribution < 1.29 is 4.79 Å². The second-order valence-electron chi connectivity index (χ2n) is 3.63. The summed E-state index contributed by atoms with van der Waals surface area (Å²) in [6, 6.07) is 7.46. The summed E-state index contributed by atoms with van der Waals surface area (Å²) >= 11 is 0. The van der Waals surface area contributed by atoms with Gasteiger partial charge >= 0.3 is 6.03 Å². The van der Waals surface area contributed by atoms with Crippen LogP contribution in [0.15, 0.2) is 36.4 Å². The van der Waals surface area contributed by atoms with Gasteiger partial charge in [-0.05, 0) is 31.5 Å². The molecule has 0 bridgehead atoms. The fourth-order valence-corrected chi connectivity index (χ4v) is 1.13. The molecule has 0 fully saturated rings. The maximum absolute atomic E-state index is 11.4. The quantitative estimate of drug-likeness (QED) is 0.730. The molecule has 80 valence electrons. The Bertz CT molecular complexity index is 372. The molecule has 0 atom stereocenters. The largest absolute Gasteiger partial charge is 0.334 e. The first-order chi connectivity index (χ1) is 7.08. The average Bonchev–Trinajstić information content (AvgIpc) is 2.15. The standard InChI is InChI=1S/C12H16N2O/c1-9(2)8-13-12(15)14-11-6-4-5-10(3)7-11/h4-7H,1,8H2,2-3H3,(H2,13,14,15). The number of carbonyl (C=O) groups is 1. The van der Waals surface area contributed by atoms with Crippen LogP contribution in [0.4, 0.5) is 10.5 Å². The molecule has 3 nitrogen and oxygen atoms in total. The van der Waals surface area contributed by atoms with Gasteiger partial charge in [0.2, 0.25) is 0 Å². The summed E-state index contributed by atoms with van der Waals surface area (Å²) in [7, 11) is 0. The van der Waals surface area contributed by atoms with Crippen molar-refractivity contribution in [2.45, 2.75) is 13.8 Å². The van der Waals surface area contributed by atoms with Crippen molar-refractivity contribution in [1.82, 2.24) is 5.32 Å². The van der Waals surface area contributed by atoms with E-state index in [0.717, 1.165) is 16.8 Å². The van der Waals surface area contributed by atoms with Crippen LogP contribution < -0.4 is 10.6 Å². The van der Waals surface area contributed by atoms with Gasteiger partial charge in [-0.2, -0.15) is 0 Å². The predicted octanol–water partition coefficient (Wildman–Crippen LogP) is 2.69. The highest BCUT2D eigenvalue weighted by Gasteiger charge is 2.00. The number of benzene rings is 1. The number of aryl methyl sites for hydroxylation is 1. The van der Waals surface area contributed by atoms with Gasteiger partial charge in [-0.3, -0.25) is 0 Å². The minimum absolute atomic E-state index is 0.205. The van der Waals surface area contributed by atoms with Crippen LogP contribution in [-0.4, -0.2) is 12.6 Å². The van der Waals surface area contributed by atoms with Crippen LogP contribution in [0.25, 0.3) is 0 Å². The van der Waals surface area contributed by atoms with E-state index < -0.39 is 0 Å². The SMILES string of the molecule is C=C(C)CNC(=O)Nc1cccc(C)c1. The van der Waals surface area contributed by atoms with Crippen molar-refractivity contribution in [1.29, 1.82) is 0 Å². The van der Waals surface area contributed by atoms with Gasteiger partial charge in [-0.1, -0.05) is 24.3 Å². The smallest absolute Gasteiger partial charge is 0.319 e. The zero-order valence-electron chi connectivity index (χ0n) is 9.13. The Morgan fingerprint density at radius 3 is 2.80 bits per heavy atom. The Kier molecular flexibility index (Phi) is 3.92. The number of urea groups is 1. The van der Waals surface area contributed by atoms with E-state index in [0.29, 0.717) is 6.54 Å². The van der Waals surface area contributed by atoms with Crippen LogP contribution in [0.2, 0.25) is 0 Å². The van der Waals surface area contributed by atoms with E-state index in [1.165, 1.54) is 0 Å².